The van der Waals surface area contributed by atoms with Crippen LogP contribution in [0.15, 0.2) is 54.6 Å². The van der Waals surface area contributed by atoms with Gasteiger partial charge in [0.2, 0.25) is 11.8 Å². The van der Waals surface area contributed by atoms with E-state index in [-0.39, 0.29) is 24.8 Å². The van der Waals surface area contributed by atoms with E-state index in [1.165, 1.54) is 0 Å². The molecule has 0 saturated heterocycles. The van der Waals surface area contributed by atoms with Gasteiger partial charge in [0, 0.05) is 19.2 Å². The zero-order chi connectivity index (χ0) is 20.4. The highest BCUT2D eigenvalue weighted by atomic mass is 16.2. The largest absolute Gasteiger partial charge is 0.349 e. The average molecular weight is 389 g/mol. The van der Waals surface area contributed by atoms with Crippen molar-refractivity contribution in [3.8, 4) is 0 Å². The first-order valence-corrected chi connectivity index (χ1v) is 9.56. The van der Waals surface area contributed by atoms with Crippen molar-refractivity contribution in [1.82, 2.24) is 20.5 Å². The molecule has 0 saturated carbocycles. The van der Waals surface area contributed by atoms with Gasteiger partial charge in [0.1, 0.15) is 5.82 Å². The molecule has 0 aliphatic carbocycles. The number of nitrogens with zero attached hydrogens (tertiary/aromatic N) is 3. The Morgan fingerprint density at radius 2 is 1.86 bits per heavy atom. The number of para-hydroxylation sites is 1. The number of rotatable bonds is 6. The molecule has 2 N–H and O–H groups in total. The summed E-state index contributed by atoms with van der Waals surface area (Å²) in [5.41, 5.74) is 1.82. The molecular weight excluding hydrogens is 366 g/mol. The van der Waals surface area contributed by atoms with Gasteiger partial charge in [-0.1, -0.05) is 48.5 Å². The van der Waals surface area contributed by atoms with Crippen LogP contribution in [-0.4, -0.2) is 34.0 Å². The summed E-state index contributed by atoms with van der Waals surface area (Å²) in [5, 5.41) is 9.66. The number of hydrogen-bond donors (Lipinski definition) is 2. The van der Waals surface area contributed by atoms with Gasteiger partial charge in [0.05, 0.1) is 12.0 Å². The Morgan fingerprint density at radius 1 is 1.14 bits per heavy atom. The molecule has 7 heteroatoms. The van der Waals surface area contributed by atoms with Gasteiger partial charge in [0.25, 0.3) is 0 Å². The normalized spacial score (nSPS) is 18.0. The molecule has 2 aromatic carbocycles. The number of hydrogen-bond acceptors (Lipinski definition) is 4. The van der Waals surface area contributed by atoms with Crippen LogP contribution in [0.2, 0.25) is 0 Å². The van der Waals surface area contributed by atoms with Crippen LogP contribution >= 0.6 is 0 Å². The van der Waals surface area contributed by atoms with Gasteiger partial charge in [-0.05, 0) is 30.5 Å². The molecule has 4 rings (SSSR count). The van der Waals surface area contributed by atoms with E-state index in [1.54, 1.807) is 18.9 Å². The lowest BCUT2D eigenvalue weighted by atomic mass is 9.73. The predicted octanol–water partition coefficient (Wildman–Crippen LogP) is 2.28. The number of aryl methyl sites for hydroxylation is 1. The van der Waals surface area contributed by atoms with Gasteiger partial charge in [0.15, 0.2) is 5.82 Å². The molecule has 1 aliphatic rings. The second kappa shape index (κ2) is 7.50. The smallest absolute Gasteiger partial charge is 0.238 e. The van der Waals surface area contributed by atoms with E-state index in [0.717, 1.165) is 16.8 Å². The number of likely N-dealkylation sites (N-methyl/N-ethyl adjacent to an activating group) is 1. The summed E-state index contributed by atoms with van der Waals surface area (Å²) in [6.07, 6.45) is 0.521. The van der Waals surface area contributed by atoms with Crippen molar-refractivity contribution in [3.05, 3.63) is 77.4 Å². The second-order valence-corrected chi connectivity index (χ2v) is 7.42. The molecule has 148 valence electrons. The predicted molar refractivity (Wildman–Crippen MR) is 109 cm³/mol. The molecule has 1 aliphatic heterocycles. The fourth-order valence-electron chi connectivity index (χ4n) is 4.05. The zero-order valence-electron chi connectivity index (χ0n) is 16.5. The minimum atomic E-state index is -0.939. The molecule has 3 aromatic rings. The van der Waals surface area contributed by atoms with Gasteiger partial charge in [-0.15, -0.1) is 0 Å². The molecule has 1 aromatic heterocycles. The molecule has 0 spiro atoms. The van der Waals surface area contributed by atoms with Gasteiger partial charge in [-0.25, -0.2) is 4.98 Å². The van der Waals surface area contributed by atoms with Crippen LogP contribution in [0.25, 0.3) is 0 Å². The first-order valence-electron chi connectivity index (χ1n) is 9.56. The number of nitrogens with one attached hydrogen (secondary N) is 2. The number of carbonyl (C=O) groups excluding carboxylic acids is 2. The third-order valence-electron chi connectivity index (χ3n) is 5.39. The highest BCUT2D eigenvalue weighted by molar-refractivity contribution is 6.09. The SMILES string of the molecule is Cc1nc(CNC(=O)C[C@@]2(Cc3ccccc3)C(=O)N(C)c3ccccc32)n[nH]1. The summed E-state index contributed by atoms with van der Waals surface area (Å²) in [4.78, 5) is 32.2. The summed E-state index contributed by atoms with van der Waals surface area (Å²) in [6.45, 7) is 2.02. The quantitative estimate of drug-likeness (QED) is 0.677. The number of amides is 2. The third-order valence-corrected chi connectivity index (χ3v) is 5.39. The first kappa shape index (κ1) is 18.9. The molecular formula is C22H23N5O2. The number of fused-ring (bicyclic) bond motifs is 1. The minimum Gasteiger partial charge on any atom is -0.349 e. The Kier molecular flexibility index (Phi) is 4.88. The van der Waals surface area contributed by atoms with Crippen LogP contribution in [0, 0.1) is 6.92 Å². The van der Waals surface area contributed by atoms with Crippen molar-refractivity contribution >= 4 is 17.5 Å². The fourth-order valence-corrected chi connectivity index (χ4v) is 4.05. The van der Waals surface area contributed by atoms with Crippen LogP contribution in [0.4, 0.5) is 5.69 Å². The summed E-state index contributed by atoms with van der Waals surface area (Å²) in [6, 6.07) is 17.5. The van der Waals surface area contributed by atoms with Gasteiger partial charge < -0.3 is 10.2 Å². The van der Waals surface area contributed by atoms with E-state index in [1.807, 2.05) is 54.6 Å². The van der Waals surface area contributed by atoms with Crippen LogP contribution < -0.4 is 10.2 Å². The minimum absolute atomic E-state index is 0.0610. The monoisotopic (exact) mass is 389 g/mol. The van der Waals surface area contributed by atoms with Crippen LogP contribution in [0.5, 0.6) is 0 Å². The maximum absolute atomic E-state index is 13.4. The maximum Gasteiger partial charge on any atom is 0.238 e. The summed E-state index contributed by atoms with van der Waals surface area (Å²) in [5.74, 6) is 0.938. The number of aromatic nitrogens is 3. The standard InChI is InChI=1S/C22H23N5O2/c1-15-24-19(26-25-15)14-23-20(28)13-22(12-16-8-4-3-5-9-16)17-10-6-7-11-18(17)27(2)21(22)29/h3-11H,12-14H2,1-2H3,(H,23,28)(H,24,25,26)/t22-/m1/s1. The summed E-state index contributed by atoms with van der Waals surface area (Å²) < 4.78 is 0. The van der Waals surface area contributed by atoms with E-state index < -0.39 is 5.41 Å². The first-order chi connectivity index (χ1) is 14.0. The van der Waals surface area contributed by atoms with Gasteiger partial charge in [-0.3, -0.25) is 14.7 Å². The highest BCUT2D eigenvalue weighted by Crippen LogP contribution is 2.45. The lowest BCUT2D eigenvalue weighted by Gasteiger charge is -2.28. The average Bonchev–Trinajstić information content (AvgIpc) is 3.23. The number of anilines is 1. The van der Waals surface area contributed by atoms with Crippen molar-refractivity contribution < 1.29 is 9.59 Å². The van der Waals surface area contributed by atoms with Crippen molar-refractivity contribution in [2.24, 2.45) is 0 Å². The molecule has 0 radical (unpaired) electrons. The van der Waals surface area contributed by atoms with E-state index in [9.17, 15) is 9.59 Å². The van der Waals surface area contributed by atoms with Crippen molar-refractivity contribution in [1.29, 1.82) is 0 Å². The molecule has 2 heterocycles. The van der Waals surface area contributed by atoms with E-state index in [2.05, 4.69) is 20.5 Å². The summed E-state index contributed by atoms with van der Waals surface area (Å²) >= 11 is 0. The Balaban J connectivity index is 1.64. The lowest BCUT2D eigenvalue weighted by molar-refractivity contribution is -0.129. The number of H-pyrrole nitrogens is 1. The second-order valence-electron chi connectivity index (χ2n) is 7.42. The molecule has 1 atom stereocenters. The number of benzene rings is 2. The number of carbonyl (C=O) groups is 2. The van der Waals surface area contributed by atoms with Crippen molar-refractivity contribution in [2.45, 2.75) is 31.7 Å². The van der Waals surface area contributed by atoms with Crippen LogP contribution in [0.3, 0.4) is 0 Å². The molecule has 0 bridgehead atoms. The fraction of sp³-hybridized carbons (Fsp3) is 0.273. The van der Waals surface area contributed by atoms with Gasteiger partial charge in [-0.2, -0.15) is 5.10 Å². The van der Waals surface area contributed by atoms with Gasteiger partial charge >= 0.3 is 0 Å². The Labute approximate surface area is 169 Å². The van der Waals surface area contributed by atoms with Crippen molar-refractivity contribution in [2.75, 3.05) is 11.9 Å². The Bertz CT molecular complexity index is 1050. The molecule has 7 nitrogen and oxygen atoms in total. The highest BCUT2D eigenvalue weighted by Gasteiger charge is 2.50. The van der Waals surface area contributed by atoms with E-state index in [0.29, 0.717) is 18.1 Å². The van der Waals surface area contributed by atoms with Crippen LogP contribution in [-0.2, 0) is 28.0 Å². The molecule has 29 heavy (non-hydrogen) atoms. The third kappa shape index (κ3) is 3.51. The number of aromatic amines is 1. The Morgan fingerprint density at radius 3 is 2.59 bits per heavy atom. The lowest BCUT2D eigenvalue weighted by Crippen LogP contribution is -2.44. The zero-order valence-corrected chi connectivity index (χ0v) is 16.5. The van der Waals surface area contributed by atoms with E-state index in [4.69, 9.17) is 0 Å². The maximum atomic E-state index is 13.4. The Hall–Kier alpha value is -3.48. The van der Waals surface area contributed by atoms with Crippen molar-refractivity contribution in [3.63, 3.8) is 0 Å². The summed E-state index contributed by atoms with van der Waals surface area (Å²) in [7, 11) is 1.77. The van der Waals surface area contributed by atoms with Crippen LogP contribution in [0.1, 0.15) is 29.2 Å². The molecule has 0 unspecified atom stereocenters. The molecule has 2 amide bonds. The molecule has 0 fully saturated rings. The topological polar surface area (TPSA) is 91.0 Å². The van der Waals surface area contributed by atoms with E-state index >= 15 is 0 Å².